The van der Waals surface area contributed by atoms with Gasteiger partial charge in [0.1, 0.15) is 0 Å². The van der Waals surface area contributed by atoms with Crippen molar-refractivity contribution in [1.29, 1.82) is 0 Å². The standard InChI is InChI=1S/C26H20N2OS/c29-24(20-12-6-2-7-13-20)16-22-17-25(21-14-8-3-9-15-21)30-26-27-23(18-28(22)26)19-10-4-1-5-11-19/h1-15,17-18,22H,16H2. The smallest absolute Gasteiger partial charge is 0.174 e. The molecule has 0 aliphatic carbocycles. The highest BCUT2D eigenvalue weighted by molar-refractivity contribution is 8.08. The Balaban J connectivity index is 1.53. The van der Waals surface area contributed by atoms with Crippen molar-refractivity contribution < 1.29 is 4.79 Å². The third-order valence-corrected chi connectivity index (χ3v) is 6.30. The number of benzene rings is 3. The maximum absolute atomic E-state index is 13.0. The maximum Gasteiger partial charge on any atom is 0.174 e. The van der Waals surface area contributed by atoms with Gasteiger partial charge in [-0.15, -0.1) is 0 Å². The highest BCUT2D eigenvalue weighted by Crippen LogP contribution is 2.43. The van der Waals surface area contributed by atoms with Crippen LogP contribution in [0.4, 0.5) is 0 Å². The average molecular weight is 409 g/mol. The zero-order valence-corrected chi connectivity index (χ0v) is 17.1. The highest BCUT2D eigenvalue weighted by Gasteiger charge is 2.26. The van der Waals surface area contributed by atoms with E-state index in [4.69, 9.17) is 4.98 Å². The fourth-order valence-electron chi connectivity index (χ4n) is 3.67. The highest BCUT2D eigenvalue weighted by atomic mass is 32.2. The molecule has 0 N–H and O–H groups in total. The number of Topliss-reactive ketones (excluding diaryl/α,β-unsaturated/α-hetero) is 1. The summed E-state index contributed by atoms with van der Waals surface area (Å²) in [6.45, 7) is 0. The second-order valence-corrected chi connectivity index (χ2v) is 8.25. The molecule has 0 spiro atoms. The van der Waals surface area contributed by atoms with Gasteiger partial charge in [0.25, 0.3) is 0 Å². The zero-order chi connectivity index (χ0) is 20.3. The molecule has 3 aromatic carbocycles. The van der Waals surface area contributed by atoms with Crippen molar-refractivity contribution in [3.63, 3.8) is 0 Å². The van der Waals surface area contributed by atoms with Gasteiger partial charge in [-0.3, -0.25) is 4.79 Å². The van der Waals surface area contributed by atoms with E-state index in [9.17, 15) is 4.79 Å². The predicted octanol–water partition coefficient (Wildman–Crippen LogP) is 6.51. The fourth-order valence-corrected chi connectivity index (χ4v) is 4.79. The second kappa shape index (κ2) is 8.17. The van der Waals surface area contributed by atoms with E-state index >= 15 is 0 Å². The van der Waals surface area contributed by atoms with Gasteiger partial charge in [0.2, 0.25) is 0 Å². The molecule has 0 radical (unpaired) electrons. The molecular formula is C26H20N2OS. The number of carbonyl (C=O) groups is 1. The monoisotopic (exact) mass is 408 g/mol. The number of hydrogen-bond donors (Lipinski definition) is 0. The first-order chi connectivity index (χ1) is 14.8. The summed E-state index contributed by atoms with van der Waals surface area (Å²) < 4.78 is 2.14. The van der Waals surface area contributed by atoms with Crippen molar-refractivity contribution in [2.45, 2.75) is 17.6 Å². The van der Waals surface area contributed by atoms with Gasteiger partial charge in [0.05, 0.1) is 11.7 Å². The lowest BCUT2D eigenvalue weighted by atomic mass is 10.0. The number of allylic oxidation sites excluding steroid dienone is 1. The van der Waals surface area contributed by atoms with Crippen LogP contribution in [0.1, 0.15) is 28.4 Å². The van der Waals surface area contributed by atoms with E-state index in [-0.39, 0.29) is 11.8 Å². The Morgan fingerprint density at radius 2 is 1.43 bits per heavy atom. The van der Waals surface area contributed by atoms with Crippen LogP contribution in [0.15, 0.2) is 108 Å². The van der Waals surface area contributed by atoms with Crippen LogP contribution in [0.25, 0.3) is 16.2 Å². The van der Waals surface area contributed by atoms with Gasteiger partial charge in [-0.25, -0.2) is 4.98 Å². The lowest BCUT2D eigenvalue weighted by molar-refractivity contribution is 0.0969. The van der Waals surface area contributed by atoms with E-state index in [1.165, 1.54) is 0 Å². The molecule has 4 aromatic rings. The molecule has 1 unspecified atom stereocenters. The van der Waals surface area contributed by atoms with E-state index in [0.29, 0.717) is 6.42 Å². The van der Waals surface area contributed by atoms with Crippen molar-refractivity contribution >= 4 is 22.5 Å². The molecule has 146 valence electrons. The topological polar surface area (TPSA) is 34.9 Å². The molecule has 2 heterocycles. The van der Waals surface area contributed by atoms with Gasteiger partial charge in [0, 0.05) is 28.6 Å². The second-order valence-electron chi connectivity index (χ2n) is 7.24. The molecule has 0 amide bonds. The summed E-state index contributed by atoms with van der Waals surface area (Å²) >= 11 is 1.65. The predicted molar refractivity (Wildman–Crippen MR) is 122 cm³/mol. The Morgan fingerprint density at radius 1 is 0.833 bits per heavy atom. The Morgan fingerprint density at radius 3 is 2.10 bits per heavy atom. The third kappa shape index (κ3) is 3.74. The summed E-state index contributed by atoms with van der Waals surface area (Å²) in [6.07, 6.45) is 4.67. The minimum absolute atomic E-state index is 0.0749. The number of thioether (sulfide) groups is 1. The zero-order valence-electron chi connectivity index (χ0n) is 16.3. The molecule has 3 nitrogen and oxygen atoms in total. The Labute approximate surface area is 180 Å². The number of fused-ring (bicyclic) bond motifs is 1. The number of nitrogens with zero attached hydrogens (tertiary/aromatic N) is 2. The summed E-state index contributed by atoms with van der Waals surface area (Å²) in [5.74, 6) is 0.136. The van der Waals surface area contributed by atoms with Crippen LogP contribution < -0.4 is 0 Å². The Hall–Kier alpha value is -3.37. The van der Waals surface area contributed by atoms with Gasteiger partial charge in [-0.05, 0) is 11.6 Å². The molecule has 0 bridgehead atoms. The lowest BCUT2D eigenvalue weighted by Crippen LogP contribution is -2.15. The Bertz CT molecular complexity index is 1200. The molecule has 30 heavy (non-hydrogen) atoms. The van der Waals surface area contributed by atoms with Crippen LogP contribution in [0.5, 0.6) is 0 Å². The molecule has 0 saturated carbocycles. The fraction of sp³-hybridized carbons (Fsp3) is 0.0769. The van der Waals surface area contributed by atoms with Crippen LogP contribution in [0, 0.1) is 0 Å². The van der Waals surface area contributed by atoms with Gasteiger partial charge >= 0.3 is 0 Å². The Kier molecular flexibility index (Phi) is 5.08. The summed E-state index contributed by atoms with van der Waals surface area (Å²) in [6, 6.07) is 29.9. The normalized spacial score (nSPS) is 15.3. The van der Waals surface area contributed by atoms with Gasteiger partial charge < -0.3 is 4.57 Å². The molecule has 4 heteroatoms. The number of carbonyl (C=O) groups excluding carboxylic acids is 1. The van der Waals surface area contributed by atoms with Gasteiger partial charge in [0.15, 0.2) is 10.9 Å². The van der Waals surface area contributed by atoms with E-state index < -0.39 is 0 Å². The molecular weight excluding hydrogens is 388 g/mol. The van der Waals surface area contributed by atoms with E-state index in [2.05, 4.69) is 41.1 Å². The molecule has 0 saturated heterocycles. The average Bonchev–Trinajstić information content (AvgIpc) is 3.25. The number of imidazole rings is 1. The van der Waals surface area contributed by atoms with Crippen LogP contribution in [0.3, 0.4) is 0 Å². The minimum atomic E-state index is -0.0749. The van der Waals surface area contributed by atoms with Crippen molar-refractivity contribution in [3.8, 4) is 11.3 Å². The maximum atomic E-state index is 13.0. The van der Waals surface area contributed by atoms with Crippen LogP contribution in [-0.4, -0.2) is 15.3 Å². The van der Waals surface area contributed by atoms with Crippen molar-refractivity contribution in [2.24, 2.45) is 0 Å². The summed E-state index contributed by atoms with van der Waals surface area (Å²) in [4.78, 5) is 19.0. The quantitative estimate of drug-likeness (QED) is 0.353. The molecule has 0 fully saturated rings. The van der Waals surface area contributed by atoms with Crippen molar-refractivity contribution in [1.82, 2.24) is 9.55 Å². The van der Waals surface area contributed by atoms with Crippen LogP contribution in [0.2, 0.25) is 0 Å². The SMILES string of the molecule is O=C(CC1C=C(c2ccccc2)Sc2nc(-c3ccccc3)cn21)c1ccccc1. The first-order valence-electron chi connectivity index (χ1n) is 9.95. The number of rotatable bonds is 5. The lowest BCUT2D eigenvalue weighted by Gasteiger charge is -2.23. The minimum Gasteiger partial charge on any atom is -0.318 e. The first kappa shape index (κ1) is 18.6. The van der Waals surface area contributed by atoms with E-state index in [1.807, 2.05) is 66.7 Å². The molecule has 1 aromatic heterocycles. The first-order valence-corrected chi connectivity index (χ1v) is 10.8. The number of hydrogen-bond acceptors (Lipinski definition) is 3. The van der Waals surface area contributed by atoms with Crippen LogP contribution >= 0.6 is 11.8 Å². The van der Waals surface area contributed by atoms with Crippen molar-refractivity contribution in [2.75, 3.05) is 0 Å². The largest absolute Gasteiger partial charge is 0.318 e. The summed E-state index contributed by atoms with van der Waals surface area (Å²) in [7, 11) is 0. The summed E-state index contributed by atoms with van der Waals surface area (Å²) in [5.41, 5.74) is 3.90. The molecule has 1 aliphatic rings. The van der Waals surface area contributed by atoms with Gasteiger partial charge in [-0.1, -0.05) is 103 Å². The number of aromatic nitrogens is 2. The van der Waals surface area contributed by atoms with Crippen molar-refractivity contribution in [3.05, 3.63) is 114 Å². The van der Waals surface area contributed by atoms with Crippen LogP contribution in [-0.2, 0) is 0 Å². The number of ketones is 1. The van der Waals surface area contributed by atoms with E-state index in [1.54, 1.807) is 11.8 Å². The summed E-state index contributed by atoms with van der Waals surface area (Å²) in [5, 5.41) is 0.918. The molecule has 5 rings (SSSR count). The third-order valence-electron chi connectivity index (χ3n) is 5.22. The van der Waals surface area contributed by atoms with Gasteiger partial charge in [-0.2, -0.15) is 0 Å². The van der Waals surface area contributed by atoms with E-state index in [0.717, 1.165) is 32.4 Å². The molecule has 1 aliphatic heterocycles. The molecule has 1 atom stereocenters.